The van der Waals surface area contributed by atoms with Gasteiger partial charge in [0.25, 0.3) is 0 Å². The number of rotatable bonds is 29. The van der Waals surface area contributed by atoms with Crippen molar-refractivity contribution >= 4 is 65.9 Å². The molecule has 0 aliphatic rings. The summed E-state index contributed by atoms with van der Waals surface area (Å²) in [6.07, 6.45) is 14.3. The molecule has 1 atom stereocenters. The van der Waals surface area contributed by atoms with Gasteiger partial charge in [-0.05, 0) is 93.7 Å². The maximum atomic E-state index is 12.3. The molecular formula is C48H64ClN9O7. The van der Waals surface area contributed by atoms with Crippen molar-refractivity contribution in [2.75, 3.05) is 64.1 Å². The number of anilines is 2. The Morgan fingerprint density at radius 3 is 2.34 bits per heavy atom. The van der Waals surface area contributed by atoms with Gasteiger partial charge in [0.1, 0.15) is 41.8 Å². The fourth-order valence-corrected chi connectivity index (χ4v) is 7.15. The van der Waals surface area contributed by atoms with Crippen LogP contribution in [0.25, 0.3) is 11.0 Å². The van der Waals surface area contributed by atoms with Crippen LogP contribution in [-0.2, 0) is 25.6 Å². The number of methoxy groups -OCH3 is 1. The zero-order chi connectivity index (χ0) is 47.1. The van der Waals surface area contributed by atoms with E-state index in [4.69, 9.17) is 25.9 Å². The number of aromatic nitrogens is 3. The lowest BCUT2D eigenvalue weighted by molar-refractivity contribution is -0.116. The summed E-state index contributed by atoms with van der Waals surface area (Å²) in [6.45, 7) is 8.44. The second-order valence-electron chi connectivity index (χ2n) is 15.0. The minimum absolute atomic E-state index is 0.0583. The predicted octanol–water partition coefficient (Wildman–Crippen LogP) is 7.13. The molecule has 1 unspecified atom stereocenters. The molecule has 2 aromatic heterocycles. The van der Waals surface area contributed by atoms with Gasteiger partial charge in [-0.1, -0.05) is 61.5 Å². The largest absolute Gasteiger partial charge is 0.495 e. The third-order valence-corrected chi connectivity index (χ3v) is 10.7. The SMILES string of the molecule is C=O.CNCCC(=O)Nc1cc(CCN(CCCCCCCC(CCNC=O)Nc2ncnc3[nH]cc(C)c23)CCNC=O)ccc1OC.O=Cc1ccc(Oc2ccccc2)cc1Cl. The summed E-state index contributed by atoms with van der Waals surface area (Å²) in [6, 6.07) is 20.5. The number of aryl methyl sites for hydroxylation is 1. The Balaban J connectivity index is 0.000000517. The maximum Gasteiger partial charge on any atom is 0.225 e. The Labute approximate surface area is 387 Å². The fourth-order valence-electron chi connectivity index (χ4n) is 6.94. The number of H-pyrrole nitrogens is 1. The van der Waals surface area contributed by atoms with E-state index in [9.17, 15) is 19.2 Å². The summed E-state index contributed by atoms with van der Waals surface area (Å²) in [5, 5.41) is 16.5. The lowest BCUT2D eigenvalue weighted by Crippen LogP contribution is -2.34. The van der Waals surface area contributed by atoms with Crippen LogP contribution in [0, 0.1) is 6.92 Å². The van der Waals surface area contributed by atoms with Gasteiger partial charge in [-0.2, -0.15) is 0 Å². The molecule has 0 aliphatic carbocycles. The first kappa shape index (κ1) is 53.0. The van der Waals surface area contributed by atoms with Crippen molar-refractivity contribution < 1.29 is 33.4 Å². The van der Waals surface area contributed by atoms with Gasteiger partial charge in [-0.25, -0.2) is 9.97 Å². The number of fused-ring (bicyclic) bond motifs is 1. The van der Waals surface area contributed by atoms with Crippen molar-refractivity contribution in [3.63, 3.8) is 0 Å². The molecule has 0 aliphatic heterocycles. The highest BCUT2D eigenvalue weighted by molar-refractivity contribution is 6.33. The van der Waals surface area contributed by atoms with Crippen LogP contribution in [0.2, 0.25) is 5.02 Å². The Bertz CT molecular complexity index is 2160. The molecule has 0 bridgehead atoms. The molecule has 3 aromatic carbocycles. The number of hydrogen-bond donors (Lipinski definition) is 6. The monoisotopic (exact) mass is 913 g/mol. The predicted molar refractivity (Wildman–Crippen MR) is 257 cm³/mol. The molecule has 5 aromatic rings. The number of halogens is 1. The Morgan fingerprint density at radius 2 is 1.62 bits per heavy atom. The molecule has 2 heterocycles. The molecule has 17 heteroatoms. The normalized spacial score (nSPS) is 11.0. The van der Waals surface area contributed by atoms with E-state index in [1.54, 1.807) is 31.6 Å². The van der Waals surface area contributed by atoms with Gasteiger partial charge in [0, 0.05) is 63.0 Å². The average molecular weight is 915 g/mol. The van der Waals surface area contributed by atoms with E-state index in [1.807, 2.05) is 75.5 Å². The molecule has 3 amide bonds. The van der Waals surface area contributed by atoms with Crippen LogP contribution >= 0.6 is 11.6 Å². The first-order valence-corrected chi connectivity index (χ1v) is 22.2. The topological polar surface area (TPSA) is 209 Å². The molecule has 0 fully saturated rings. The van der Waals surface area contributed by atoms with E-state index in [-0.39, 0.29) is 11.9 Å². The van der Waals surface area contributed by atoms with Gasteiger partial charge in [0.15, 0.2) is 6.29 Å². The van der Waals surface area contributed by atoms with E-state index >= 15 is 0 Å². The third-order valence-electron chi connectivity index (χ3n) is 10.3. The van der Waals surface area contributed by atoms with Crippen molar-refractivity contribution in [1.29, 1.82) is 0 Å². The van der Waals surface area contributed by atoms with Gasteiger partial charge in [0.05, 0.1) is 23.2 Å². The minimum Gasteiger partial charge on any atom is -0.495 e. The van der Waals surface area contributed by atoms with Gasteiger partial charge in [-0.15, -0.1) is 0 Å². The highest BCUT2D eigenvalue weighted by Crippen LogP contribution is 2.28. The number of para-hydroxylation sites is 1. The van der Waals surface area contributed by atoms with Crippen LogP contribution in [0.1, 0.15) is 72.9 Å². The Morgan fingerprint density at radius 1 is 0.862 bits per heavy atom. The van der Waals surface area contributed by atoms with Crippen molar-refractivity contribution in [2.45, 2.75) is 70.8 Å². The van der Waals surface area contributed by atoms with E-state index in [0.29, 0.717) is 60.1 Å². The number of ether oxygens (including phenoxy) is 2. The van der Waals surface area contributed by atoms with Crippen LogP contribution in [0.15, 0.2) is 79.3 Å². The number of unbranched alkanes of at least 4 members (excludes halogenated alkanes) is 4. The number of nitrogens with one attached hydrogen (secondary N) is 6. The lowest BCUT2D eigenvalue weighted by Gasteiger charge is -2.22. The number of benzene rings is 3. The molecule has 350 valence electrons. The lowest BCUT2D eigenvalue weighted by atomic mass is 10.0. The quantitative estimate of drug-likeness (QED) is 0.0209. The summed E-state index contributed by atoms with van der Waals surface area (Å²) in [7, 11) is 3.42. The van der Waals surface area contributed by atoms with Crippen molar-refractivity contribution in [3.8, 4) is 17.2 Å². The number of hydrogen-bond acceptors (Lipinski definition) is 12. The molecule has 0 radical (unpaired) electrons. The van der Waals surface area contributed by atoms with Crippen LogP contribution in [0.3, 0.4) is 0 Å². The average Bonchev–Trinajstić information content (AvgIpc) is 3.71. The van der Waals surface area contributed by atoms with E-state index in [2.05, 4.69) is 46.4 Å². The van der Waals surface area contributed by atoms with Gasteiger partial charge in [0.2, 0.25) is 18.7 Å². The van der Waals surface area contributed by atoms with Crippen LogP contribution in [0.5, 0.6) is 17.2 Å². The maximum absolute atomic E-state index is 12.3. The minimum atomic E-state index is -0.0583. The number of carbonyl (C=O) groups is 5. The van der Waals surface area contributed by atoms with Gasteiger partial charge >= 0.3 is 0 Å². The van der Waals surface area contributed by atoms with E-state index < -0.39 is 0 Å². The molecule has 0 saturated carbocycles. The number of nitrogens with zero attached hydrogens (tertiary/aromatic N) is 3. The molecular weight excluding hydrogens is 850 g/mol. The van der Waals surface area contributed by atoms with Gasteiger partial charge < -0.3 is 50.7 Å². The molecule has 5 rings (SSSR count). The summed E-state index contributed by atoms with van der Waals surface area (Å²) in [5.74, 6) is 2.76. The second kappa shape index (κ2) is 31.5. The Hall–Kier alpha value is -6.36. The number of aromatic amines is 1. The van der Waals surface area contributed by atoms with E-state index in [0.717, 1.165) is 118 Å². The standard InChI is InChI=1S/C34H53N9O4.C13H9ClO2.CH2O/c1-26-22-38-33-32(26)34(40-23-39-33)41-28(12-16-36-24-44)9-7-5-4-6-8-18-43(20-17-37-25-45)19-14-27-10-11-30(47-3)29(21-27)42-31(46)13-15-35-2;14-13-8-12(7-6-10(13)9-15)16-11-4-2-1-3-5-11;1-2/h10-11,21-25,28,35H,4-9,12-20H2,1-3H3,(H,36,44)(H,37,45)(H,42,46)(H2,38,39,40,41);1-9H;1H2. The van der Waals surface area contributed by atoms with Crippen molar-refractivity contribution in [3.05, 3.63) is 101 Å². The van der Waals surface area contributed by atoms with Gasteiger partial charge in [-0.3, -0.25) is 19.2 Å². The van der Waals surface area contributed by atoms with Crippen LogP contribution in [-0.4, -0.2) is 111 Å². The number of carbonyl (C=O) groups excluding carboxylic acids is 5. The third kappa shape index (κ3) is 19.5. The smallest absolute Gasteiger partial charge is 0.225 e. The Kier molecular flexibility index (Phi) is 25.7. The number of aldehydes is 1. The summed E-state index contributed by atoms with van der Waals surface area (Å²) >= 11 is 5.88. The van der Waals surface area contributed by atoms with Crippen molar-refractivity contribution in [1.82, 2.24) is 35.8 Å². The highest BCUT2D eigenvalue weighted by atomic mass is 35.5. The zero-order valence-electron chi connectivity index (χ0n) is 37.7. The van der Waals surface area contributed by atoms with Crippen LogP contribution < -0.4 is 36.1 Å². The summed E-state index contributed by atoms with van der Waals surface area (Å²) in [4.78, 5) is 67.0. The van der Waals surface area contributed by atoms with Crippen molar-refractivity contribution in [2.24, 2.45) is 0 Å². The first-order valence-electron chi connectivity index (χ1n) is 21.8. The molecule has 16 nitrogen and oxygen atoms in total. The highest BCUT2D eigenvalue weighted by Gasteiger charge is 2.15. The molecule has 65 heavy (non-hydrogen) atoms. The summed E-state index contributed by atoms with van der Waals surface area (Å²) in [5.41, 5.74) is 4.18. The second-order valence-corrected chi connectivity index (χ2v) is 15.4. The number of amides is 3. The summed E-state index contributed by atoms with van der Waals surface area (Å²) < 4.78 is 11.0. The van der Waals surface area contributed by atoms with E-state index in [1.165, 1.54) is 0 Å². The zero-order valence-corrected chi connectivity index (χ0v) is 38.5. The molecule has 6 N–H and O–H groups in total. The fraction of sp³-hybridized carbons (Fsp3) is 0.396. The van der Waals surface area contributed by atoms with Crippen LogP contribution in [0.4, 0.5) is 11.5 Å². The molecule has 0 spiro atoms. The molecule has 0 saturated heterocycles. The first-order chi connectivity index (χ1) is 31.8.